The summed E-state index contributed by atoms with van der Waals surface area (Å²) in [6.45, 7) is 7.29. The molecule has 0 saturated carbocycles. The van der Waals surface area contributed by atoms with Crippen LogP contribution in [0.3, 0.4) is 0 Å². The van der Waals surface area contributed by atoms with Gasteiger partial charge in [0.25, 0.3) is 5.91 Å². The van der Waals surface area contributed by atoms with E-state index in [9.17, 15) is 4.79 Å². The van der Waals surface area contributed by atoms with Crippen LogP contribution in [-0.2, 0) is 0 Å². The van der Waals surface area contributed by atoms with Gasteiger partial charge < -0.3 is 5.32 Å². The van der Waals surface area contributed by atoms with Crippen molar-refractivity contribution in [1.29, 1.82) is 0 Å². The van der Waals surface area contributed by atoms with E-state index < -0.39 is 0 Å². The molecule has 0 bridgehead atoms. The van der Waals surface area contributed by atoms with Crippen LogP contribution in [0, 0.1) is 6.92 Å². The lowest BCUT2D eigenvalue weighted by molar-refractivity contribution is 0.0965. The highest BCUT2D eigenvalue weighted by molar-refractivity contribution is 5.96. The molecule has 2 heteroatoms. The third kappa shape index (κ3) is 2.44. The van der Waals surface area contributed by atoms with Gasteiger partial charge in [-0.2, -0.15) is 0 Å². The van der Waals surface area contributed by atoms with Crippen LogP contribution in [0.4, 0.5) is 0 Å². The van der Waals surface area contributed by atoms with E-state index in [0.29, 0.717) is 11.3 Å². The molecule has 0 atom stereocenters. The fraction of sp³-hybridized carbons (Fsp3) is 0.182. The Balaban J connectivity index is 0.00000169. The van der Waals surface area contributed by atoms with Crippen molar-refractivity contribution in [1.82, 2.24) is 5.32 Å². The van der Waals surface area contributed by atoms with Crippen molar-refractivity contribution >= 4 is 5.91 Å². The van der Waals surface area contributed by atoms with E-state index in [1.807, 2.05) is 25.1 Å². The first-order valence-electron chi connectivity index (χ1n) is 4.14. The molecule has 0 aliphatic carbocycles. The van der Waals surface area contributed by atoms with Crippen molar-refractivity contribution in [3.63, 3.8) is 0 Å². The second-order valence-electron chi connectivity index (χ2n) is 3.05. The highest BCUT2D eigenvalue weighted by atomic mass is 16.1. The fourth-order valence-electron chi connectivity index (χ4n) is 1.09. The molecule has 1 rings (SSSR count). The molecule has 1 aromatic rings. The van der Waals surface area contributed by atoms with E-state index >= 15 is 0 Å². The van der Waals surface area contributed by atoms with E-state index in [1.165, 1.54) is 0 Å². The molecule has 0 radical (unpaired) electrons. The maximum Gasteiger partial charge on any atom is 0.255 e. The molecule has 0 spiro atoms. The van der Waals surface area contributed by atoms with Gasteiger partial charge in [-0.25, -0.2) is 0 Å². The van der Waals surface area contributed by atoms with Crippen LogP contribution in [0.15, 0.2) is 36.5 Å². The smallest absolute Gasteiger partial charge is 0.255 e. The quantitative estimate of drug-likeness (QED) is 0.738. The van der Waals surface area contributed by atoms with Crippen LogP contribution in [0.2, 0.25) is 0 Å². The highest BCUT2D eigenvalue weighted by Gasteiger charge is 2.06. The Morgan fingerprint density at radius 3 is 2.62 bits per heavy atom. The summed E-state index contributed by atoms with van der Waals surface area (Å²) in [5, 5.41) is 2.67. The van der Waals surface area contributed by atoms with Crippen LogP contribution < -0.4 is 5.32 Å². The lowest BCUT2D eigenvalue weighted by atomic mass is 10.1. The van der Waals surface area contributed by atoms with E-state index in [0.717, 1.165) is 5.56 Å². The second kappa shape index (κ2) is 3.90. The third-order valence-corrected chi connectivity index (χ3v) is 1.72. The van der Waals surface area contributed by atoms with Gasteiger partial charge in [-0.15, -0.1) is 0 Å². The van der Waals surface area contributed by atoms with Crippen LogP contribution in [0.25, 0.3) is 0 Å². The van der Waals surface area contributed by atoms with Gasteiger partial charge in [0.15, 0.2) is 0 Å². The topological polar surface area (TPSA) is 29.1 Å². The van der Waals surface area contributed by atoms with Gasteiger partial charge in [-0.3, -0.25) is 4.79 Å². The maximum atomic E-state index is 11.5. The van der Waals surface area contributed by atoms with Crippen molar-refractivity contribution in [2.24, 2.45) is 0 Å². The van der Waals surface area contributed by atoms with Crippen LogP contribution in [-0.4, -0.2) is 5.91 Å². The summed E-state index contributed by atoms with van der Waals surface area (Å²) in [5.41, 5.74) is 2.33. The zero-order chi connectivity index (χ0) is 9.84. The maximum absolute atomic E-state index is 11.5. The first-order valence-corrected chi connectivity index (χ1v) is 4.14. The SMILES string of the molecule is C=C(C)NC(=O)c1ccccc1C.[HH]. The minimum Gasteiger partial charge on any atom is -0.327 e. The molecule has 13 heavy (non-hydrogen) atoms. The summed E-state index contributed by atoms with van der Waals surface area (Å²) in [6.07, 6.45) is 0. The number of carbonyl (C=O) groups is 1. The molecule has 1 amide bonds. The van der Waals surface area contributed by atoms with Gasteiger partial charge >= 0.3 is 0 Å². The van der Waals surface area contributed by atoms with Crippen LogP contribution >= 0.6 is 0 Å². The zero-order valence-corrected chi connectivity index (χ0v) is 7.92. The molecular weight excluding hydrogens is 162 g/mol. The number of hydrogen-bond acceptors (Lipinski definition) is 1. The van der Waals surface area contributed by atoms with Gasteiger partial charge in [-0.1, -0.05) is 24.8 Å². The predicted molar refractivity (Wildman–Crippen MR) is 55.6 cm³/mol. The molecule has 0 aromatic heterocycles. The van der Waals surface area contributed by atoms with Crippen molar-refractivity contribution in [2.45, 2.75) is 13.8 Å². The van der Waals surface area contributed by atoms with Gasteiger partial charge in [0.05, 0.1) is 0 Å². The molecule has 0 saturated heterocycles. The number of rotatable bonds is 2. The summed E-state index contributed by atoms with van der Waals surface area (Å²) >= 11 is 0. The normalized spacial score (nSPS) is 9.38. The number of allylic oxidation sites excluding steroid dienone is 1. The Morgan fingerprint density at radius 1 is 1.46 bits per heavy atom. The van der Waals surface area contributed by atoms with Gasteiger partial charge in [0.1, 0.15) is 0 Å². The highest BCUT2D eigenvalue weighted by Crippen LogP contribution is 2.06. The first kappa shape index (κ1) is 9.52. The minimum atomic E-state index is -0.0920. The third-order valence-electron chi connectivity index (χ3n) is 1.72. The Labute approximate surface area is 79.8 Å². The number of carbonyl (C=O) groups excluding carboxylic acids is 1. The van der Waals surface area contributed by atoms with Gasteiger partial charge in [0, 0.05) is 12.7 Å². The summed E-state index contributed by atoms with van der Waals surface area (Å²) in [6, 6.07) is 7.47. The van der Waals surface area contributed by atoms with Crippen molar-refractivity contribution in [3.05, 3.63) is 47.7 Å². The van der Waals surface area contributed by atoms with E-state index in [1.54, 1.807) is 13.0 Å². The first-order chi connectivity index (χ1) is 6.11. The standard InChI is InChI=1S/C11H13NO.H2/c1-8(2)12-11(13)10-7-5-4-6-9(10)3;/h4-7H,1H2,2-3H3,(H,12,13);1H. The minimum absolute atomic E-state index is 0. The summed E-state index contributed by atoms with van der Waals surface area (Å²) in [5.74, 6) is -0.0920. The summed E-state index contributed by atoms with van der Waals surface area (Å²) in [4.78, 5) is 11.5. The van der Waals surface area contributed by atoms with Crippen molar-refractivity contribution in [3.8, 4) is 0 Å². The molecule has 1 N–H and O–H groups in total. The van der Waals surface area contributed by atoms with Crippen LogP contribution in [0.5, 0.6) is 0 Å². The number of aryl methyl sites for hydroxylation is 1. The van der Waals surface area contributed by atoms with Crippen molar-refractivity contribution < 1.29 is 6.22 Å². The summed E-state index contributed by atoms with van der Waals surface area (Å²) in [7, 11) is 0. The average Bonchev–Trinajstić information content (AvgIpc) is 2.03. The largest absolute Gasteiger partial charge is 0.327 e. The molecular formula is C11H15NO. The molecule has 0 heterocycles. The lowest BCUT2D eigenvalue weighted by Crippen LogP contribution is -2.21. The molecule has 0 aliphatic heterocycles. The Hall–Kier alpha value is -1.57. The number of benzene rings is 1. The number of hydrogen-bond donors (Lipinski definition) is 1. The Bertz CT molecular complexity index is 347. The molecule has 2 nitrogen and oxygen atoms in total. The van der Waals surface area contributed by atoms with E-state index in [2.05, 4.69) is 11.9 Å². The number of nitrogens with one attached hydrogen (secondary N) is 1. The summed E-state index contributed by atoms with van der Waals surface area (Å²) < 4.78 is 0. The predicted octanol–water partition coefficient (Wildman–Crippen LogP) is 2.50. The van der Waals surface area contributed by atoms with Gasteiger partial charge in [-0.05, 0) is 25.5 Å². The van der Waals surface area contributed by atoms with Crippen LogP contribution in [0.1, 0.15) is 24.3 Å². The Morgan fingerprint density at radius 2 is 2.08 bits per heavy atom. The fourth-order valence-corrected chi connectivity index (χ4v) is 1.09. The lowest BCUT2D eigenvalue weighted by Gasteiger charge is -2.05. The number of amides is 1. The second-order valence-corrected chi connectivity index (χ2v) is 3.05. The Kier molecular flexibility index (Phi) is 2.85. The van der Waals surface area contributed by atoms with Crippen molar-refractivity contribution in [2.75, 3.05) is 0 Å². The molecule has 0 fully saturated rings. The molecule has 70 valence electrons. The monoisotopic (exact) mass is 177 g/mol. The molecule has 1 aromatic carbocycles. The van der Waals surface area contributed by atoms with Gasteiger partial charge in [0.2, 0.25) is 0 Å². The van der Waals surface area contributed by atoms with E-state index in [4.69, 9.17) is 0 Å². The average molecular weight is 177 g/mol. The molecule has 0 aliphatic rings. The van der Waals surface area contributed by atoms with E-state index in [-0.39, 0.29) is 7.33 Å². The molecule has 0 unspecified atom stereocenters. The zero-order valence-electron chi connectivity index (χ0n) is 7.92.